The van der Waals surface area contributed by atoms with E-state index in [2.05, 4.69) is 26.2 Å². The fourth-order valence-electron chi connectivity index (χ4n) is 1.24. The third-order valence-corrected chi connectivity index (χ3v) is 3.70. The normalized spacial score (nSPS) is 10.4. The zero-order valence-electron chi connectivity index (χ0n) is 8.61. The predicted octanol–water partition coefficient (Wildman–Crippen LogP) is 2.22. The summed E-state index contributed by atoms with van der Waals surface area (Å²) in [6.07, 6.45) is 3.24. The van der Waals surface area contributed by atoms with E-state index in [1.165, 1.54) is 4.57 Å². The van der Waals surface area contributed by atoms with Crippen LogP contribution in [0.4, 0.5) is 5.82 Å². The quantitative estimate of drug-likeness (QED) is 0.945. The third kappa shape index (κ3) is 2.51. The van der Waals surface area contributed by atoms with Gasteiger partial charge in [-0.15, -0.1) is 11.3 Å². The summed E-state index contributed by atoms with van der Waals surface area (Å²) in [7, 11) is 1.71. The first-order valence-corrected chi connectivity index (χ1v) is 6.27. The number of thiophene rings is 1. The Labute approximate surface area is 105 Å². The molecule has 1 N–H and O–H groups in total. The summed E-state index contributed by atoms with van der Waals surface area (Å²) in [6.45, 7) is 0.614. The average Bonchev–Trinajstić information content (AvgIpc) is 2.67. The number of hydrogen-bond donors (Lipinski definition) is 1. The topological polar surface area (TPSA) is 46.9 Å². The van der Waals surface area contributed by atoms with Crippen LogP contribution in [-0.2, 0) is 13.6 Å². The number of aryl methyl sites for hydroxylation is 1. The van der Waals surface area contributed by atoms with Crippen molar-refractivity contribution in [1.29, 1.82) is 0 Å². The number of aromatic nitrogens is 2. The van der Waals surface area contributed by atoms with Crippen LogP contribution in [0.15, 0.2) is 33.1 Å². The highest BCUT2D eigenvalue weighted by Gasteiger charge is 2.03. The van der Waals surface area contributed by atoms with Crippen LogP contribution in [0.2, 0.25) is 0 Å². The molecule has 2 aromatic rings. The number of nitrogens with zero attached hydrogens (tertiary/aromatic N) is 2. The Bertz CT molecular complexity index is 549. The SMILES string of the molecule is Cn1ccnc(NCc2ccc(Br)s2)c1=O. The second kappa shape index (κ2) is 4.80. The molecule has 0 aliphatic rings. The second-order valence-corrected chi connectivity index (χ2v) is 5.80. The molecule has 0 saturated carbocycles. The Kier molecular flexibility index (Phi) is 3.40. The van der Waals surface area contributed by atoms with Crippen LogP contribution in [0.25, 0.3) is 0 Å². The lowest BCUT2D eigenvalue weighted by atomic mass is 10.4. The summed E-state index contributed by atoms with van der Waals surface area (Å²) < 4.78 is 2.58. The van der Waals surface area contributed by atoms with Crippen molar-refractivity contribution in [2.45, 2.75) is 6.54 Å². The van der Waals surface area contributed by atoms with E-state index in [9.17, 15) is 4.79 Å². The molecule has 2 rings (SSSR count). The summed E-state index contributed by atoms with van der Waals surface area (Å²) in [5.74, 6) is 0.384. The molecule has 0 bridgehead atoms. The maximum absolute atomic E-state index is 11.6. The Balaban J connectivity index is 2.11. The fourth-order valence-corrected chi connectivity index (χ4v) is 2.66. The highest BCUT2D eigenvalue weighted by atomic mass is 79.9. The Morgan fingerprint density at radius 3 is 3.06 bits per heavy atom. The summed E-state index contributed by atoms with van der Waals surface area (Å²) in [5.41, 5.74) is -0.113. The summed E-state index contributed by atoms with van der Waals surface area (Å²) in [5, 5.41) is 3.03. The van der Waals surface area contributed by atoms with Crippen molar-refractivity contribution in [3.63, 3.8) is 0 Å². The predicted molar refractivity (Wildman–Crippen MR) is 68.8 cm³/mol. The van der Waals surface area contributed by atoms with Gasteiger partial charge in [-0.1, -0.05) is 0 Å². The molecule has 0 unspecified atom stereocenters. The highest BCUT2D eigenvalue weighted by molar-refractivity contribution is 9.11. The van der Waals surface area contributed by atoms with Crippen LogP contribution in [0.5, 0.6) is 0 Å². The molecular formula is C10H10BrN3OS. The lowest BCUT2D eigenvalue weighted by Gasteiger charge is -2.04. The molecule has 0 spiro atoms. The monoisotopic (exact) mass is 299 g/mol. The van der Waals surface area contributed by atoms with Crippen molar-refractivity contribution < 1.29 is 0 Å². The van der Waals surface area contributed by atoms with Crippen LogP contribution in [0, 0.1) is 0 Å². The van der Waals surface area contributed by atoms with E-state index in [0.29, 0.717) is 12.4 Å². The first-order chi connectivity index (χ1) is 7.66. The van der Waals surface area contributed by atoms with Gasteiger partial charge < -0.3 is 9.88 Å². The van der Waals surface area contributed by atoms with Gasteiger partial charge in [0.1, 0.15) is 0 Å². The van der Waals surface area contributed by atoms with E-state index in [0.717, 1.165) is 8.66 Å². The Morgan fingerprint density at radius 2 is 2.38 bits per heavy atom. The van der Waals surface area contributed by atoms with Gasteiger partial charge in [-0.05, 0) is 28.1 Å². The van der Waals surface area contributed by atoms with E-state index in [4.69, 9.17) is 0 Å². The molecule has 0 fully saturated rings. The summed E-state index contributed by atoms with van der Waals surface area (Å²) >= 11 is 5.03. The van der Waals surface area contributed by atoms with Crippen LogP contribution < -0.4 is 10.9 Å². The van der Waals surface area contributed by atoms with Gasteiger partial charge in [-0.3, -0.25) is 4.79 Å². The van der Waals surface area contributed by atoms with Crippen LogP contribution in [0.3, 0.4) is 0 Å². The number of anilines is 1. The smallest absolute Gasteiger partial charge is 0.293 e. The van der Waals surface area contributed by atoms with Gasteiger partial charge in [0, 0.05) is 24.3 Å². The molecule has 2 aromatic heterocycles. The van der Waals surface area contributed by atoms with Crippen molar-refractivity contribution >= 4 is 33.1 Å². The van der Waals surface area contributed by atoms with Gasteiger partial charge in [-0.25, -0.2) is 4.98 Å². The van der Waals surface area contributed by atoms with Crippen molar-refractivity contribution in [2.24, 2.45) is 7.05 Å². The molecule has 0 amide bonds. The Morgan fingerprint density at radius 1 is 1.56 bits per heavy atom. The molecule has 4 nitrogen and oxygen atoms in total. The minimum Gasteiger partial charge on any atom is -0.361 e. The first-order valence-electron chi connectivity index (χ1n) is 4.66. The van der Waals surface area contributed by atoms with Crippen molar-refractivity contribution in [1.82, 2.24) is 9.55 Å². The molecule has 0 aliphatic heterocycles. The minimum absolute atomic E-state index is 0.113. The number of nitrogens with one attached hydrogen (secondary N) is 1. The van der Waals surface area contributed by atoms with Gasteiger partial charge >= 0.3 is 0 Å². The van der Waals surface area contributed by atoms with Crippen LogP contribution in [0.1, 0.15) is 4.88 Å². The lowest BCUT2D eigenvalue weighted by molar-refractivity contribution is 0.840. The number of hydrogen-bond acceptors (Lipinski definition) is 4. The average molecular weight is 300 g/mol. The first kappa shape index (κ1) is 11.3. The summed E-state index contributed by atoms with van der Waals surface area (Å²) in [6, 6.07) is 3.99. The van der Waals surface area contributed by atoms with Gasteiger partial charge in [-0.2, -0.15) is 0 Å². The molecule has 84 valence electrons. The molecule has 6 heteroatoms. The molecule has 0 atom stereocenters. The third-order valence-electron chi connectivity index (χ3n) is 2.08. The Hall–Kier alpha value is -1.14. The maximum Gasteiger partial charge on any atom is 0.293 e. The molecular weight excluding hydrogens is 290 g/mol. The largest absolute Gasteiger partial charge is 0.361 e. The van der Waals surface area contributed by atoms with Crippen LogP contribution >= 0.6 is 27.3 Å². The molecule has 0 saturated heterocycles. The van der Waals surface area contributed by atoms with Gasteiger partial charge in [0.2, 0.25) is 0 Å². The molecule has 0 radical (unpaired) electrons. The lowest BCUT2D eigenvalue weighted by Crippen LogP contribution is -2.21. The van der Waals surface area contributed by atoms with Crippen molar-refractivity contribution in [3.8, 4) is 0 Å². The van der Waals surface area contributed by atoms with Gasteiger partial charge in [0.15, 0.2) is 5.82 Å². The molecule has 0 aliphatic carbocycles. The number of halogens is 1. The maximum atomic E-state index is 11.6. The highest BCUT2D eigenvalue weighted by Crippen LogP contribution is 2.22. The van der Waals surface area contributed by atoms with E-state index in [1.54, 1.807) is 30.8 Å². The van der Waals surface area contributed by atoms with E-state index in [-0.39, 0.29) is 5.56 Å². The van der Waals surface area contributed by atoms with E-state index in [1.807, 2.05) is 12.1 Å². The molecule has 16 heavy (non-hydrogen) atoms. The summed E-state index contributed by atoms with van der Waals surface area (Å²) in [4.78, 5) is 16.8. The van der Waals surface area contributed by atoms with Crippen molar-refractivity contribution in [2.75, 3.05) is 5.32 Å². The zero-order chi connectivity index (χ0) is 11.5. The number of rotatable bonds is 3. The van der Waals surface area contributed by atoms with Gasteiger partial charge in [0.05, 0.1) is 10.3 Å². The zero-order valence-corrected chi connectivity index (χ0v) is 11.0. The molecule has 0 aromatic carbocycles. The standard InChI is InChI=1S/C10H10BrN3OS/c1-14-5-4-12-9(10(14)15)13-6-7-2-3-8(11)16-7/h2-5H,6H2,1H3,(H,12,13). The van der Waals surface area contributed by atoms with Crippen LogP contribution in [-0.4, -0.2) is 9.55 Å². The van der Waals surface area contributed by atoms with E-state index < -0.39 is 0 Å². The van der Waals surface area contributed by atoms with Crippen molar-refractivity contribution in [3.05, 3.63) is 43.5 Å². The van der Waals surface area contributed by atoms with E-state index >= 15 is 0 Å². The molecule has 2 heterocycles. The van der Waals surface area contributed by atoms with Gasteiger partial charge in [0.25, 0.3) is 5.56 Å². The second-order valence-electron chi connectivity index (χ2n) is 3.25. The minimum atomic E-state index is -0.113. The fraction of sp³-hybridized carbons (Fsp3) is 0.200.